The number of ether oxygens (including phenoxy) is 1. The highest BCUT2D eigenvalue weighted by Gasteiger charge is 2.32. The van der Waals surface area contributed by atoms with Crippen LogP contribution in [0.4, 0.5) is 24.5 Å². The fourth-order valence-electron chi connectivity index (χ4n) is 2.99. The van der Waals surface area contributed by atoms with E-state index in [2.05, 4.69) is 15.0 Å². The molecule has 12 heteroatoms. The molecule has 0 aliphatic rings. The summed E-state index contributed by atoms with van der Waals surface area (Å²) in [6.45, 7) is 0.151. The van der Waals surface area contributed by atoms with E-state index in [9.17, 15) is 22.8 Å². The molecule has 0 unspecified atom stereocenters. The number of nitrogens with zero attached hydrogens (tertiary/aromatic N) is 2. The standard InChI is InChI=1S/C18H18F3N3O2.C7H4Cl2O2/c1-22-15-7-5-8-16(14(15)11-25)23-12-24(2)10-13-6-3-4-9-17(13)26-18(19,20)21;8-5-1-4(3-10)2-6(9)7(5)11/h3-9,11-12,22H,10H2,1-2H3;1-3,11H. The molecule has 0 aliphatic heterocycles. The Morgan fingerprint density at radius 3 is 2.27 bits per heavy atom. The predicted molar refractivity (Wildman–Crippen MR) is 138 cm³/mol. The number of nitrogens with one attached hydrogen (secondary N) is 1. The number of rotatable bonds is 8. The van der Waals surface area contributed by atoms with Crippen LogP contribution in [0.25, 0.3) is 0 Å². The van der Waals surface area contributed by atoms with E-state index in [1.807, 2.05) is 0 Å². The number of alkyl halides is 3. The van der Waals surface area contributed by atoms with Gasteiger partial charge in [-0.2, -0.15) is 0 Å². The number of anilines is 1. The summed E-state index contributed by atoms with van der Waals surface area (Å²) in [5.74, 6) is -0.454. The first-order valence-electron chi connectivity index (χ1n) is 10.5. The second-order valence-corrected chi connectivity index (χ2v) is 8.19. The minimum absolute atomic E-state index is 0.0830. The van der Waals surface area contributed by atoms with Crippen molar-refractivity contribution in [2.45, 2.75) is 12.9 Å². The van der Waals surface area contributed by atoms with Gasteiger partial charge < -0.3 is 20.1 Å². The van der Waals surface area contributed by atoms with Crippen LogP contribution in [0.5, 0.6) is 11.5 Å². The first kappa shape index (κ1) is 29.5. The van der Waals surface area contributed by atoms with E-state index in [1.54, 1.807) is 49.3 Å². The first-order chi connectivity index (χ1) is 17.5. The third kappa shape index (κ3) is 9.00. The molecule has 0 bridgehead atoms. The van der Waals surface area contributed by atoms with Gasteiger partial charge in [-0.3, -0.25) is 9.59 Å². The Morgan fingerprint density at radius 1 is 1.05 bits per heavy atom. The summed E-state index contributed by atoms with van der Waals surface area (Å²) >= 11 is 11.0. The molecule has 0 saturated carbocycles. The molecule has 2 N–H and O–H groups in total. The molecule has 0 atom stereocenters. The van der Waals surface area contributed by atoms with Gasteiger partial charge in [0.15, 0.2) is 12.0 Å². The maximum atomic E-state index is 12.5. The smallest absolute Gasteiger partial charge is 0.505 e. The summed E-state index contributed by atoms with van der Waals surface area (Å²) in [5.41, 5.74) is 2.20. The van der Waals surface area contributed by atoms with Crippen molar-refractivity contribution in [2.24, 2.45) is 4.99 Å². The van der Waals surface area contributed by atoms with E-state index < -0.39 is 6.36 Å². The van der Waals surface area contributed by atoms with E-state index in [0.717, 1.165) is 0 Å². The minimum atomic E-state index is -4.75. The maximum absolute atomic E-state index is 12.5. The first-order valence-corrected chi connectivity index (χ1v) is 11.2. The number of phenols is 1. The number of carbonyl (C=O) groups excluding carboxylic acids is 2. The van der Waals surface area contributed by atoms with Crippen LogP contribution in [0.2, 0.25) is 10.0 Å². The highest BCUT2D eigenvalue weighted by molar-refractivity contribution is 6.37. The summed E-state index contributed by atoms with van der Waals surface area (Å²) in [4.78, 5) is 27.3. The van der Waals surface area contributed by atoms with Crippen molar-refractivity contribution < 1.29 is 32.6 Å². The van der Waals surface area contributed by atoms with Crippen LogP contribution in [-0.4, -0.2) is 49.4 Å². The lowest BCUT2D eigenvalue weighted by molar-refractivity contribution is -0.275. The Hall–Kier alpha value is -3.76. The van der Waals surface area contributed by atoms with Crippen molar-refractivity contribution in [3.05, 3.63) is 81.3 Å². The molecule has 37 heavy (non-hydrogen) atoms. The van der Waals surface area contributed by atoms with Crippen molar-refractivity contribution in [3.8, 4) is 11.5 Å². The Bertz CT molecular complexity index is 1250. The van der Waals surface area contributed by atoms with Crippen LogP contribution in [0.15, 0.2) is 59.6 Å². The van der Waals surface area contributed by atoms with E-state index in [-0.39, 0.29) is 28.1 Å². The summed E-state index contributed by atoms with van der Waals surface area (Å²) in [7, 11) is 3.36. The van der Waals surface area contributed by atoms with Crippen molar-refractivity contribution >= 4 is 53.5 Å². The second-order valence-electron chi connectivity index (χ2n) is 7.37. The molecule has 0 aliphatic carbocycles. The Kier molecular flexibility index (Phi) is 10.8. The molecular formula is C25H22Cl2F3N3O4. The number of carbonyl (C=O) groups is 2. The molecule has 0 amide bonds. The Labute approximate surface area is 221 Å². The van der Waals surface area contributed by atoms with Crippen LogP contribution in [0.1, 0.15) is 26.3 Å². The van der Waals surface area contributed by atoms with Gasteiger partial charge in [0.2, 0.25) is 0 Å². The fraction of sp³-hybridized carbons (Fsp3) is 0.160. The largest absolute Gasteiger partial charge is 0.573 e. The SMILES string of the molecule is CNc1cccc(N=CN(C)Cc2ccccc2OC(F)(F)F)c1C=O.O=Cc1cc(Cl)c(O)c(Cl)c1. The zero-order chi connectivity index (χ0) is 27.6. The van der Waals surface area contributed by atoms with E-state index >= 15 is 0 Å². The third-order valence-corrected chi connectivity index (χ3v) is 5.23. The number of aliphatic imine (C=N–C) groups is 1. The minimum Gasteiger partial charge on any atom is -0.505 e. The zero-order valence-corrected chi connectivity index (χ0v) is 21.1. The monoisotopic (exact) mass is 555 g/mol. The Morgan fingerprint density at radius 2 is 1.70 bits per heavy atom. The molecule has 0 fully saturated rings. The number of aromatic hydroxyl groups is 1. The average Bonchev–Trinajstić information content (AvgIpc) is 2.86. The quantitative estimate of drug-likeness (QED) is 0.181. The zero-order valence-electron chi connectivity index (χ0n) is 19.6. The number of aldehydes is 2. The van der Waals surface area contributed by atoms with Crippen molar-refractivity contribution in [1.29, 1.82) is 0 Å². The lowest BCUT2D eigenvalue weighted by Gasteiger charge is -2.17. The molecule has 7 nitrogen and oxygen atoms in total. The molecule has 196 valence electrons. The van der Waals surface area contributed by atoms with Crippen LogP contribution in [0, 0.1) is 0 Å². The van der Waals surface area contributed by atoms with Gasteiger partial charge >= 0.3 is 6.36 Å². The van der Waals surface area contributed by atoms with Gasteiger partial charge in [0.25, 0.3) is 0 Å². The number of phenolic OH excluding ortho intramolecular Hbond substituents is 1. The molecule has 0 aromatic heterocycles. The average molecular weight is 556 g/mol. The van der Waals surface area contributed by atoms with Crippen molar-refractivity contribution in [1.82, 2.24) is 4.90 Å². The van der Waals surface area contributed by atoms with Crippen LogP contribution in [-0.2, 0) is 6.54 Å². The fourth-order valence-corrected chi connectivity index (χ4v) is 3.49. The lowest BCUT2D eigenvalue weighted by atomic mass is 10.1. The van der Waals surface area contributed by atoms with Gasteiger partial charge in [-0.15, -0.1) is 13.2 Å². The topological polar surface area (TPSA) is 91.2 Å². The van der Waals surface area contributed by atoms with Gasteiger partial charge in [-0.05, 0) is 30.3 Å². The summed E-state index contributed by atoms with van der Waals surface area (Å²) in [6, 6.07) is 13.8. The summed E-state index contributed by atoms with van der Waals surface area (Å²) < 4.78 is 41.5. The summed E-state index contributed by atoms with van der Waals surface area (Å²) in [6.07, 6.45) is -2.00. The van der Waals surface area contributed by atoms with E-state index in [4.69, 9.17) is 28.3 Å². The normalized spacial score (nSPS) is 10.9. The highest BCUT2D eigenvalue weighted by Crippen LogP contribution is 2.32. The molecule has 3 rings (SSSR count). The van der Waals surface area contributed by atoms with E-state index in [0.29, 0.717) is 40.6 Å². The predicted octanol–water partition coefficient (Wildman–Crippen LogP) is 6.74. The number of para-hydroxylation sites is 1. The van der Waals surface area contributed by atoms with Gasteiger partial charge in [-0.25, -0.2) is 4.99 Å². The van der Waals surface area contributed by atoms with Crippen molar-refractivity contribution in [3.63, 3.8) is 0 Å². The number of benzene rings is 3. The molecule has 0 radical (unpaired) electrons. The van der Waals surface area contributed by atoms with Crippen molar-refractivity contribution in [2.75, 3.05) is 19.4 Å². The Balaban J connectivity index is 0.000000364. The number of hydrogen-bond acceptors (Lipinski definition) is 6. The van der Waals surface area contributed by atoms with Crippen LogP contribution >= 0.6 is 23.2 Å². The lowest BCUT2D eigenvalue weighted by Crippen LogP contribution is -2.20. The van der Waals surface area contributed by atoms with Gasteiger partial charge in [0, 0.05) is 37.5 Å². The maximum Gasteiger partial charge on any atom is 0.573 e. The molecule has 3 aromatic carbocycles. The van der Waals surface area contributed by atoms with Crippen LogP contribution < -0.4 is 10.1 Å². The molecule has 0 spiro atoms. The molecule has 0 saturated heterocycles. The number of halogens is 5. The van der Waals surface area contributed by atoms with E-state index in [1.165, 1.54) is 30.6 Å². The highest BCUT2D eigenvalue weighted by atomic mass is 35.5. The molecular weight excluding hydrogens is 534 g/mol. The van der Waals surface area contributed by atoms with Gasteiger partial charge in [0.05, 0.1) is 27.6 Å². The summed E-state index contributed by atoms with van der Waals surface area (Å²) in [5, 5.41) is 12.1. The molecule has 0 heterocycles. The number of hydrogen-bond donors (Lipinski definition) is 2. The van der Waals surface area contributed by atoms with Crippen LogP contribution in [0.3, 0.4) is 0 Å². The van der Waals surface area contributed by atoms with Gasteiger partial charge in [-0.1, -0.05) is 47.5 Å². The second kappa shape index (κ2) is 13.5. The molecule has 3 aromatic rings. The third-order valence-electron chi connectivity index (χ3n) is 4.66. The van der Waals surface area contributed by atoms with Gasteiger partial charge in [0.1, 0.15) is 12.0 Å².